The van der Waals surface area contributed by atoms with Crippen molar-refractivity contribution in [2.45, 2.75) is 51.8 Å². The Balaban J connectivity index is 2.29. The van der Waals surface area contributed by atoms with E-state index in [1.807, 2.05) is 0 Å². The van der Waals surface area contributed by atoms with Crippen molar-refractivity contribution in [1.29, 1.82) is 0 Å². The standard InChI is InChI=1S/C16H21FN2O9/c1-8(2)14(24)26-6-16(17)12(23)11(22)13(28-16)18-5-4-10(21)19(15(18)25)7-27-9(3)20/h4-5,8,11-13,22-23H,6-7H2,1-3H3/t11-,12+,13-,16-/m1/s1. The second-order valence-electron chi connectivity index (χ2n) is 6.53. The van der Waals surface area contributed by atoms with Gasteiger partial charge in [0.15, 0.2) is 19.6 Å². The molecule has 4 atom stereocenters. The van der Waals surface area contributed by atoms with Crippen molar-refractivity contribution in [3.63, 3.8) is 0 Å². The van der Waals surface area contributed by atoms with Gasteiger partial charge in [-0.3, -0.25) is 19.0 Å². The molecule has 0 bridgehead atoms. The number of aliphatic hydroxyl groups is 2. The van der Waals surface area contributed by atoms with Gasteiger partial charge in [0.25, 0.3) is 11.4 Å². The average Bonchev–Trinajstić information content (AvgIpc) is 2.84. The van der Waals surface area contributed by atoms with Crippen LogP contribution < -0.4 is 11.2 Å². The molecule has 156 valence electrons. The Kier molecular flexibility index (Phi) is 6.37. The van der Waals surface area contributed by atoms with E-state index in [-0.39, 0.29) is 0 Å². The molecule has 0 saturated carbocycles. The molecule has 0 amide bonds. The third kappa shape index (κ3) is 4.29. The smallest absolute Gasteiger partial charge is 0.335 e. The Morgan fingerprint density at radius 1 is 1.32 bits per heavy atom. The highest BCUT2D eigenvalue weighted by atomic mass is 19.2. The lowest BCUT2D eigenvalue weighted by Gasteiger charge is -2.23. The number of alkyl halides is 1. The van der Waals surface area contributed by atoms with Crippen LogP contribution in [0.15, 0.2) is 21.9 Å². The molecule has 12 heteroatoms. The summed E-state index contributed by atoms with van der Waals surface area (Å²) >= 11 is 0. The van der Waals surface area contributed by atoms with E-state index in [1.54, 1.807) is 0 Å². The molecule has 1 aliphatic heterocycles. The second kappa shape index (κ2) is 8.20. The molecule has 1 aromatic rings. The van der Waals surface area contributed by atoms with Gasteiger partial charge < -0.3 is 24.4 Å². The minimum Gasteiger partial charge on any atom is -0.459 e. The third-order valence-electron chi connectivity index (χ3n) is 4.02. The fraction of sp³-hybridized carbons (Fsp3) is 0.625. The van der Waals surface area contributed by atoms with Crippen LogP contribution >= 0.6 is 0 Å². The van der Waals surface area contributed by atoms with Crippen molar-refractivity contribution < 1.29 is 38.4 Å². The highest BCUT2D eigenvalue weighted by molar-refractivity contribution is 5.71. The molecule has 2 rings (SSSR count). The van der Waals surface area contributed by atoms with Gasteiger partial charge in [0, 0.05) is 19.2 Å². The number of aliphatic hydroxyl groups excluding tert-OH is 2. The molecule has 1 fully saturated rings. The summed E-state index contributed by atoms with van der Waals surface area (Å²) in [6.45, 7) is 2.39. The third-order valence-corrected chi connectivity index (χ3v) is 4.02. The first kappa shape index (κ1) is 21.7. The van der Waals surface area contributed by atoms with Crippen molar-refractivity contribution in [1.82, 2.24) is 9.13 Å². The highest BCUT2D eigenvalue weighted by Gasteiger charge is 2.57. The molecule has 28 heavy (non-hydrogen) atoms. The van der Waals surface area contributed by atoms with Crippen LogP contribution in [0.5, 0.6) is 0 Å². The largest absolute Gasteiger partial charge is 0.459 e. The molecule has 2 heterocycles. The van der Waals surface area contributed by atoms with Crippen LogP contribution in [0, 0.1) is 5.92 Å². The number of carbonyl (C=O) groups is 2. The van der Waals surface area contributed by atoms with E-state index in [4.69, 9.17) is 9.47 Å². The first-order chi connectivity index (χ1) is 13.0. The Labute approximate surface area is 157 Å². The summed E-state index contributed by atoms with van der Waals surface area (Å²) in [5, 5.41) is 20.1. The van der Waals surface area contributed by atoms with Gasteiger partial charge in [-0.25, -0.2) is 13.8 Å². The number of carbonyl (C=O) groups excluding carboxylic acids is 2. The summed E-state index contributed by atoms with van der Waals surface area (Å²) in [4.78, 5) is 46.7. The van der Waals surface area contributed by atoms with E-state index in [1.165, 1.54) is 13.8 Å². The van der Waals surface area contributed by atoms with Crippen LogP contribution in [-0.4, -0.2) is 56.0 Å². The predicted octanol–water partition coefficient (Wildman–Crippen LogP) is -1.35. The van der Waals surface area contributed by atoms with Crippen molar-refractivity contribution in [2.75, 3.05) is 6.61 Å². The Bertz CT molecular complexity index is 864. The zero-order valence-corrected chi connectivity index (χ0v) is 15.4. The highest BCUT2D eigenvalue weighted by Crippen LogP contribution is 2.38. The summed E-state index contributed by atoms with van der Waals surface area (Å²) in [5.41, 5.74) is -1.89. The molecule has 0 aliphatic carbocycles. The quantitative estimate of drug-likeness (QED) is 0.549. The van der Waals surface area contributed by atoms with Gasteiger partial charge in [-0.05, 0) is 0 Å². The lowest BCUT2D eigenvalue weighted by atomic mass is 10.1. The van der Waals surface area contributed by atoms with Crippen LogP contribution in [0.3, 0.4) is 0 Å². The van der Waals surface area contributed by atoms with Crippen molar-refractivity contribution in [3.8, 4) is 0 Å². The Hall–Kier alpha value is -2.57. The molecule has 1 aromatic heterocycles. The lowest BCUT2D eigenvalue weighted by Crippen LogP contribution is -2.44. The van der Waals surface area contributed by atoms with Crippen molar-refractivity contribution >= 4 is 11.9 Å². The van der Waals surface area contributed by atoms with Gasteiger partial charge in [0.05, 0.1) is 5.92 Å². The normalized spacial score (nSPS) is 27.0. The topological polar surface area (TPSA) is 146 Å². The summed E-state index contributed by atoms with van der Waals surface area (Å²) < 4.78 is 30.4. The van der Waals surface area contributed by atoms with Crippen LogP contribution in [0.4, 0.5) is 4.39 Å². The minimum absolute atomic E-state index is 0.515. The number of hydrogen-bond donors (Lipinski definition) is 2. The minimum atomic E-state index is -2.98. The van der Waals surface area contributed by atoms with Crippen molar-refractivity contribution in [3.05, 3.63) is 33.1 Å². The van der Waals surface area contributed by atoms with E-state index in [0.29, 0.717) is 9.13 Å². The first-order valence-electron chi connectivity index (χ1n) is 8.33. The Morgan fingerprint density at radius 3 is 2.54 bits per heavy atom. The summed E-state index contributed by atoms with van der Waals surface area (Å²) in [6.07, 6.45) is -4.85. The maximum atomic E-state index is 14.9. The van der Waals surface area contributed by atoms with E-state index in [0.717, 1.165) is 19.2 Å². The zero-order chi connectivity index (χ0) is 21.2. The number of ether oxygens (including phenoxy) is 3. The van der Waals surface area contributed by atoms with E-state index in [2.05, 4.69) is 4.74 Å². The molecule has 2 N–H and O–H groups in total. The van der Waals surface area contributed by atoms with Gasteiger partial charge in [0.2, 0.25) is 0 Å². The fourth-order valence-corrected chi connectivity index (χ4v) is 2.43. The molecule has 0 radical (unpaired) electrons. The van der Waals surface area contributed by atoms with Crippen molar-refractivity contribution in [2.24, 2.45) is 5.92 Å². The van der Waals surface area contributed by atoms with Crippen LogP contribution in [0.25, 0.3) is 0 Å². The lowest BCUT2D eigenvalue weighted by molar-refractivity contribution is -0.218. The van der Waals surface area contributed by atoms with Crippen LogP contribution in [-0.2, 0) is 30.5 Å². The zero-order valence-electron chi connectivity index (χ0n) is 15.4. The number of rotatable bonds is 6. The Morgan fingerprint density at radius 2 is 1.96 bits per heavy atom. The van der Waals surface area contributed by atoms with E-state index < -0.39 is 66.7 Å². The number of halogens is 1. The van der Waals surface area contributed by atoms with Gasteiger partial charge >= 0.3 is 17.6 Å². The molecule has 0 unspecified atom stereocenters. The number of esters is 2. The summed E-state index contributed by atoms with van der Waals surface area (Å²) in [5.74, 6) is -5.04. The molecule has 0 aromatic carbocycles. The fourth-order valence-electron chi connectivity index (χ4n) is 2.43. The molecule has 1 aliphatic rings. The monoisotopic (exact) mass is 404 g/mol. The van der Waals surface area contributed by atoms with Gasteiger partial charge in [0.1, 0.15) is 12.2 Å². The second-order valence-corrected chi connectivity index (χ2v) is 6.53. The van der Waals surface area contributed by atoms with E-state index in [9.17, 15) is 33.8 Å². The maximum Gasteiger partial charge on any atom is 0.335 e. The molecular formula is C16H21FN2O9. The molecular weight excluding hydrogens is 383 g/mol. The van der Waals surface area contributed by atoms with Gasteiger partial charge in [-0.1, -0.05) is 13.8 Å². The molecule has 11 nitrogen and oxygen atoms in total. The SMILES string of the molecule is CC(=O)OCn1c(=O)ccn([C@@H]2O[C@](F)(COC(=O)C(C)C)[C@@H](O)[C@H]2O)c1=O. The van der Waals surface area contributed by atoms with Gasteiger partial charge in [-0.2, -0.15) is 0 Å². The first-order valence-corrected chi connectivity index (χ1v) is 8.33. The molecule has 0 spiro atoms. The number of aromatic nitrogens is 2. The summed E-state index contributed by atoms with van der Waals surface area (Å²) in [7, 11) is 0. The maximum absolute atomic E-state index is 14.9. The van der Waals surface area contributed by atoms with Crippen LogP contribution in [0.1, 0.15) is 27.0 Å². The number of hydrogen-bond acceptors (Lipinski definition) is 9. The molecule has 1 saturated heterocycles. The predicted molar refractivity (Wildman–Crippen MR) is 88.5 cm³/mol. The number of nitrogens with zero attached hydrogens (tertiary/aromatic N) is 2. The van der Waals surface area contributed by atoms with Crippen LogP contribution in [0.2, 0.25) is 0 Å². The van der Waals surface area contributed by atoms with E-state index >= 15 is 0 Å². The average molecular weight is 404 g/mol. The van der Waals surface area contributed by atoms with Gasteiger partial charge in [-0.15, -0.1) is 0 Å². The summed E-state index contributed by atoms with van der Waals surface area (Å²) in [6, 6.07) is 0.907.